The monoisotopic (exact) mass is 268 g/mol. The number of hydrogen-bond acceptors (Lipinski definition) is 2. The number of amides is 2. The van der Waals surface area contributed by atoms with E-state index >= 15 is 0 Å². The van der Waals surface area contributed by atoms with Gasteiger partial charge in [0.1, 0.15) is 0 Å². The van der Waals surface area contributed by atoms with E-state index in [1.165, 1.54) is 0 Å². The molecule has 2 saturated heterocycles. The van der Waals surface area contributed by atoms with Gasteiger partial charge in [-0.3, -0.25) is 9.59 Å². The van der Waals surface area contributed by atoms with Gasteiger partial charge in [0.2, 0.25) is 11.8 Å². The molecular formula is C14H26N3O2+. The maximum atomic E-state index is 12.4. The highest BCUT2D eigenvalue weighted by atomic mass is 16.2. The second kappa shape index (κ2) is 5.90. The van der Waals surface area contributed by atoms with Gasteiger partial charge in [0.15, 0.2) is 0 Å². The molecule has 19 heavy (non-hydrogen) atoms. The summed E-state index contributed by atoms with van der Waals surface area (Å²) in [5.74, 6) is 0.205. The van der Waals surface area contributed by atoms with Crippen molar-refractivity contribution in [2.75, 3.05) is 39.3 Å². The molecule has 0 spiro atoms. The normalized spacial score (nSPS) is 25.5. The van der Waals surface area contributed by atoms with Gasteiger partial charge in [-0.1, -0.05) is 0 Å². The van der Waals surface area contributed by atoms with E-state index in [-0.39, 0.29) is 23.8 Å². The second-order valence-electron chi connectivity index (χ2n) is 5.97. The Morgan fingerprint density at radius 2 is 2.00 bits per heavy atom. The van der Waals surface area contributed by atoms with E-state index in [9.17, 15) is 9.59 Å². The van der Waals surface area contributed by atoms with Gasteiger partial charge in [0, 0.05) is 19.0 Å². The van der Waals surface area contributed by atoms with E-state index in [0.717, 1.165) is 32.7 Å². The Kier molecular flexibility index (Phi) is 4.45. The van der Waals surface area contributed by atoms with E-state index in [1.54, 1.807) is 4.90 Å². The minimum absolute atomic E-state index is 0.113. The average molecular weight is 268 g/mol. The summed E-state index contributed by atoms with van der Waals surface area (Å²) in [5, 5.41) is 0. The van der Waals surface area contributed by atoms with Crippen molar-refractivity contribution < 1.29 is 14.5 Å². The number of likely N-dealkylation sites (N-methyl/N-ethyl adjacent to an activating group) is 1. The first kappa shape index (κ1) is 14.3. The van der Waals surface area contributed by atoms with Gasteiger partial charge in [-0.05, 0) is 20.8 Å². The van der Waals surface area contributed by atoms with Gasteiger partial charge in [-0.15, -0.1) is 0 Å². The molecule has 0 saturated carbocycles. The van der Waals surface area contributed by atoms with E-state index in [2.05, 4.69) is 6.92 Å². The van der Waals surface area contributed by atoms with Gasteiger partial charge in [-0.25, -0.2) is 0 Å². The molecular weight excluding hydrogens is 242 g/mol. The number of quaternary nitrogens is 1. The van der Waals surface area contributed by atoms with Crippen LogP contribution < -0.4 is 4.90 Å². The molecule has 2 aliphatic heterocycles. The molecule has 2 fully saturated rings. The summed E-state index contributed by atoms with van der Waals surface area (Å²) < 4.78 is 0. The van der Waals surface area contributed by atoms with Crippen molar-refractivity contribution in [3.63, 3.8) is 0 Å². The lowest BCUT2D eigenvalue weighted by molar-refractivity contribution is -0.902. The first-order valence-corrected chi connectivity index (χ1v) is 7.44. The van der Waals surface area contributed by atoms with Crippen LogP contribution in [0.5, 0.6) is 0 Å². The number of nitrogens with one attached hydrogen (secondary N) is 1. The van der Waals surface area contributed by atoms with E-state index < -0.39 is 0 Å². The largest absolute Gasteiger partial charge is 0.339 e. The Morgan fingerprint density at radius 3 is 2.47 bits per heavy atom. The molecule has 0 aromatic carbocycles. The lowest BCUT2D eigenvalue weighted by Gasteiger charge is -2.33. The minimum atomic E-state index is -0.113. The van der Waals surface area contributed by atoms with Gasteiger partial charge in [0.05, 0.1) is 38.6 Å². The van der Waals surface area contributed by atoms with Gasteiger partial charge >= 0.3 is 0 Å². The van der Waals surface area contributed by atoms with Crippen LogP contribution in [-0.4, -0.2) is 66.9 Å². The first-order chi connectivity index (χ1) is 9.02. The number of carbonyl (C=O) groups is 2. The van der Waals surface area contributed by atoms with Crippen LogP contribution in [0.15, 0.2) is 0 Å². The Bertz CT molecular complexity index is 349. The average Bonchev–Trinajstić information content (AvgIpc) is 2.80. The molecule has 5 heteroatoms. The molecule has 0 bridgehead atoms. The highest BCUT2D eigenvalue weighted by Crippen LogP contribution is 2.22. The van der Waals surface area contributed by atoms with Crippen LogP contribution in [0.1, 0.15) is 27.2 Å². The van der Waals surface area contributed by atoms with Gasteiger partial charge in [-0.2, -0.15) is 0 Å². The third kappa shape index (κ3) is 3.08. The van der Waals surface area contributed by atoms with Crippen LogP contribution in [-0.2, 0) is 9.59 Å². The molecule has 5 nitrogen and oxygen atoms in total. The van der Waals surface area contributed by atoms with E-state index in [0.29, 0.717) is 13.0 Å². The van der Waals surface area contributed by atoms with Crippen molar-refractivity contribution in [3.8, 4) is 0 Å². The molecule has 0 aromatic rings. The first-order valence-electron chi connectivity index (χ1n) is 7.44. The fraction of sp³-hybridized carbons (Fsp3) is 0.857. The van der Waals surface area contributed by atoms with E-state index in [4.69, 9.17) is 0 Å². The zero-order valence-electron chi connectivity index (χ0n) is 12.3. The summed E-state index contributed by atoms with van der Waals surface area (Å²) >= 11 is 0. The van der Waals surface area contributed by atoms with Crippen molar-refractivity contribution in [1.82, 2.24) is 9.80 Å². The molecule has 2 aliphatic rings. The molecule has 108 valence electrons. The number of carbonyl (C=O) groups excluding carboxylic acids is 2. The number of rotatable bonds is 3. The third-order valence-electron chi connectivity index (χ3n) is 4.41. The van der Waals surface area contributed by atoms with Crippen LogP contribution in [0.25, 0.3) is 0 Å². The molecule has 0 radical (unpaired) electrons. The summed E-state index contributed by atoms with van der Waals surface area (Å²) in [4.78, 5) is 29.7. The number of nitrogens with zero attached hydrogens (tertiary/aromatic N) is 2. The zero-order valence-corrected chi connectivity index (χ0v) is 12.3. The van der Waals surface area contributed by atoms with Crippen molar-refractivity contribution in [2.45, 2.75) is 33.2 Å². The van der Waals surface area contributed by atoms with Crippen molar-refractivity contribution in [2.24, 2.45) is 5.92 Å². The molecule has 2 rings (SSSR count). The predicted molar refractivity (Wildman–Crippen MR) is 72.8 cm³/mol. The zero-order chi connectivity index (χ0) is 14.0. The van der Waals surface area contributed by atoms with Crippen LogP contribution in [0.2, 0.25) is 0 Å². The van der Waals surface area contributed by atoms with Crippen LogP contribution in [0.4, 0.5) is 0 Å². The summed E-state index contributed by atoms with van der Waals surface area (Å²) in [6, 6.07) is 0.201. The Labute approximate surface area is 115 Å². The molecule has 2 amide bonds. The quantitative estimate of drug-likeness (QED) is 0.713. The fourth-order valence-electron chi connectivity index (χ4n) is 3.05. The summed E-state index contributed by atoms with van der Waals surface area (Å²) in [6.07, 6.45) is 0.401. The Balaban J connectivity index is 1.89. The lowest BCUT2D eigenvalue weighted by Crippen LogP contribution is -3.14. The third-order valence-corrected chi connectivity index (χ3v) is 4.41. The highest BCUT2D eigenvalue weighted by Gasteiger charge is 2.38. The molecule has 0 aromatic heterocycles. The number of likely N-dealkylation sites (tertiary alicyclic amines) is 1. The smallest absolute Gasteiger partial charge is 0.228 e. The Hall–Kier alpha value is -1.10. The molecule has 0 aliphatic carbocycles. The summed E-state index contributed by atoms with van der Waals surface area (Å²) in [7, 11) is 0. The predicted octanol–water partition coefficient (Wildman–Crippen LogP) is -1.01. The van der Waals surface area contributed by atoms with Crippen LogP contribution in [0.3, 0.4) is 0 Å². The minimum Gasteiger partial charge on any atom is -0.339 e. The second-order valence-corrected chi connectivity index (χ2v) is 5.97. The van der Waals surface area contributed by atoms with Crippen molar-refractivity contribution in [1.29, 1.82) is 0 Å². The van der Waals surface area contributed by atoms with Crippen LogP contribution in [0, 0.1) is 5.92 Å². The fourth-order valence-corrected chi connectivity index (χ4v) is 3.05. The number of piperazine rings is 1. The number of hydrogen-bond donors (Lipinski definition) is 1. The van der Waals surface area contributed by atoms with Gasteiger partial charge in [0.25, 0.3) is 0 Å². The molecule has 2 heterocycles. The standard InChI is InChI=1S/C14H25N3O2/c1-4-15-5-7-16(8-6-15)14(19)12-9-13(18)17(10-12)11(2)3/h11-12H,4-10H2,1-3H3/p+1/t12-/m0/s1. The molecule has 1 atom stereocenters. The van der Waals surface area contributed by atoms with Gasteiger partial charge < -0.3 is 14.7 Å². The highest BCUT2D eigenvalue weighted by molar-refractivity contribution is 5.89. The molecule has 0 unspecified atom stereocenters. The van der Waals surface area contributed by atoms with Crippen molar-refractivity contribution >= 4 is 11.8 Å². The SMILES string of the molecule is CC[NH+]1CCN(C(=O)[C@H]2CC(=O)N(C(C)C)C2)CC1. The van der Waals surface area contributed by atoms with Crippen molar-refractivity contribution in [3.05, 3.63) is 0 Å². The topological polar surface area (TPSA) is 45.1 Å². The summed E-state index contributed by atoms with van der Waals surface area (Å²) in [6.45, 7) is 11.7. The summed E-state index contributed by atoms with van der Waals surface area (Å²) in [5.41, 5.74) is 0. The molecule has 1 N–H and O–H groups in total. The maximum Gasteiger partial charge on any atom is 0.228 e. The van der Waals surface area contributed by atoms with E-state index in [1.807, 2.05) is 23.6 Å². The Morgan fingerprint density at radius 1 is 1.37 bits per heavy atom. The van der Waals surface area contributed by atoms with Crippen LogP contribution >= 0.6 is 0 Å². The maximum absolute atomic E-state index is 12.4. The lowest BCUT2D eigenvalue weighted by atomic mass is 10.1.